The van der Waals surface area contributed by atoms with Crippen LogP contribution in [0, 0.1) is 13.8 Å². The van der Waals surface area contributed by atoms with Crippen LogP contribution in [-0.2, 0) is 11.4 Å². The molecule has 0 saturated carbocycles. The fraction of sp³-hybridized carbons (Fsp3) is 0.421. The Morgan fingerprint density at radius 3 is 2.50 bits per heavy atom. The molecule has 26 heavy (non-hydrogen) atoms. The lowest BCUT2D eigenvalue weighted by atomic mass is 10.2. The third-order valence-corrected chi connectivity index (χ3v) is 4.54. The minimum atomic E-state index is -0.269. The molecular weight excluding hydrogens is 334 g/mol. The number of aromatic nitrogens is 1. The number of hydrogen-bond donors (Lipinski definition) is 1. The highest BCUT2D eigenvalue weighted by molar-refractivity contribution is 5.96. The molecule has 1 aliphatic heterocycles. The Labute approximate surface area is 152 Å². The molecule has 1 N–H and O–H groups in total. The number of amides is 2. The first-order chi connectivity index (χ1) is 12.5. The van der Waals surface area contributed by atoms with E-state index in [-0.39, 0.29) is 18.4 Å². The highest BCUT2D eigenvalue weighted by Crippen LogP contribution is 2.18. The van der Waals surface area contributed by atoms with Gasteiger partial charge in [-0.15, -0.1) is 0 Å². The van der Waals surface area contributed by atoms with Gasteiger partial charge in [-0.25, -0.2) is 0 Å². The Kier molecular flexibility index (Phi) is 5.55. The zero-order valence-corrected chi connectivity index (χ0v) is 15.1. The van der Waals surface area contributed by atoms with Gasteiger partial charge in [0.15, 0.2) is 0 Å². The van der Waals surface area contributed by atoms with E-state index in [1.165, 1.54) is 0 Å². The van der Waals surface area contributed by atoms with Gasteiger partial charge in [0, 0.05) is 18.7 Å². The van der Waals surface area contributed by atoms with E-state index in [0.717, 1.165) is 42.9 Å². The van der Waals surface area contributed by atoms with Crippen LogP contribution >= 0.6 is 0 Å². The number of carbonyl (C=O) groups is 2. The summed E-state index contributed by atoms with van der Waals surface area (Å²) in [4.78, 5) is 25.9. The van der Waals surface area contributed by atoms with Gasteiger partial charge in [-0.05, 0) is 51.0 Å². The molecule has 2 aromatic rings. The summed E-state index contributed by atoms with van der Waals surface area (Å²) in [7, 11) is 0. The number of nitrogens with zero attached hydrogens (tertiary/aromatic N) is 2. The first-order valence-corrected chi connectivity index (χ1v) is 8.75. The van der Waals surface area contributed by atoms with Gasteiger partial charge in [-0.3, -0.25) is 9.59 Å². The molecule has 0 bridgehead atoms. The highest BCUT2D eigenvalue weighted by Gasteiger charge is 2.18. The number of likely N-dealkylation sites (tertiary alicyclic amines) is 1. The van der Waals surface area contributed by atoms with Gasteiger partial charge in [0.25, 0.3) is 5.91 Å². The van der Waals surface area contributed by atoms with Gasteiger partial charge < -0.3 is 19.5 Å². The second-order valence-electron chi connectivity index (χ2n) is 6.39. The van der Waals surface area contributed by atoms with Crippen LogP contribution in [0.25, 0.3) is 0 Å². The van der Waals surface area contributed by atoms with E-state index in [1.54, 1.807) is 29.2 Å². The number of nitrogens with one attached hydrogen (secondary N) is 1. The molecule has 1 aliphatic rings. The van der Waals surface area contributed by atoms with Crippen LogP contribution < -0.4 is 10.1 Å². The predicted octanol–water partition coefficient (Wildman–Crippen LogP) is 2.22. The summed E-state index contributed by atoms with van der Waals surface area (Å²) in [5.74, 6) is 1.08. The fourth-order valence-corrected chi connectivity index (χ4v) is 2.90. The Morgan fingerprint density at radius 2 is 1.88 bits per heavy atom. The van der Waals surface area contributed by atoms with Crippen LogP contribution in [0.1, 0.15) is 40.2 Å². The van der Waals surface area contributed by atoms with Crippen LogP contribution in [0.4, 0.5) is 0 Å². The average Bonchev–Trinajstić information content (AvgIpc) is 3.29. The monoisotopic (exact) mass is 357 g/mol. The first kappa shape index (κ1) is 18.0. The quantitative estimate of drug-likeness (QED) is 0.857. The largest absolute Gasteiger partial charge is 0.489 e. The van der Waals surface area contributed by atoms with Crippen molar-refractivity contribution in [3.63, 3.8) is 0 Å². The summed E-state index contributed by atoms with van der Waals surface area (Å²) in [5.41, 5.74) is 2.22. The van der Waals surface area contributed by atoms with Gasteiger partial charge >= 0.3 is 0 Å². The molecule has 2 heterocycles. The van der Waals surface area contributed by atoms with Crippen LogP contribution in [0.5, 0.6) is 5.75 Å². The first-order valence-electron chi connectivity index (χ1n) is 8.75. The summed E-state index contributed by atoms with van der Waals surface area (Å²) in [6, 6.07) is 6.82. The molecule has 0 atom stereocenters. The highest BCUT2D eigenvalue weighted by atomic mass is 16.5. The van der Waals surface area contributed by atoms with E-state index in [0.29, 0.717) is 17.9 Å². The maximum atomic E-state index is 12.2. The number of carbonyl (C=O) groups excluding carboxylic acids is 2. The zero-order valence-electron chi connectivity index (χ0n) is 15.1. The molecule has 0 unspecified atom stereocenters. The summed E-state index contributed by atoms with van der Waals surface area (Å²) >= 11 is 0. The van der Waals surface area contributed by atoms with Gasteiger partial charge in [0.05, 0.1) is 17.8 Å². The van der Waals surface area contributed by atoms with E-state index < -0.39 is 0 Å². The van der Waals surface area contributed by atoms with Gasteiger partial charge in [-0.1, -0.05) is 5.16 Å². The second kappa shape index (κ2) is 8.03. The molecular formula is C19H23N3O4. The van der Waals surface area contributed by atoms with Crippen molar-refractivity contribution in [2.45, 2.75) is 33.3 Å². The van der Waals surface area contributed by atoms with E-state index in [1.807, 2.05) is 13.8 Å². The van der Waals surface area contributed by atoms with E-state index in [9.17, 15) is 9.59 Å². The normalized spacial score (nSPS) is 13.7. The molecule has 1 fully saturated rings. The smallest absolute Gasteiger partial charge is 0.251 e. The SMILES string of the molecule is Cc1noc(C)c1COc1ccc(C(=O)NCC(=O)N2CCCC2)cc1. The van der Waals surface area contributed by atoms with E-state index in [2.05, 4.69) is 10.5 Å². The lowest BCUT2D eigenvalue weighted by molar-refractivity contribution is -0.129. The zero-order chi connectivity index (χ0) is 18.5. The molecule has 138 valence electrons. The Hall–Kier alpha value is -2.83. The molecule has 7 heteroatoms. The third kappa shape index (κ3) is 4.22. The molecule has 1 aromatic carbocycles. The molecule has 2 amide bonds. The van der Waals surface area contributed by atoms with Crippen molar-refractivity contribution in [1.29, 1.82) is 0 Å². The maximum absolute atomic E-state index is 12.2. The van der Waals surface area contributed by atoms with Crippen LogP contribution in [0.3, 0.4) is 0 Å². The topological polar surface area (TPSA) is 84.7 Å². The summed E-state index contributed by atoms with van der Waals surface area (Å²) in [6.07, 6.45) is 2.07. The minimum Gasteiger partial charge on any atom is -0.489 e. The van der Waals surface area contributed by atoms with Crippen molar-refractivity contribution in [2.24, 2.45) is 0 Å². The van der Waals surface area contributed by atoms with Gasteiger partial charge in [-0.2, -0.15) is 0 Å². The number of ether oxygens (including phenoxy) is 1. The third-order valence-electron chi connectivity index (χ3n) is 4.54. The van der Waals surface area contributed by atoms with Crippen molar-refractivity contribution in [3.05, 3.63) is 46.8 Å². The summed E-state index contributed by atoms with van der Waals surface area (Å²) in [6.45, 7) is 5.67. The minimum absolute atomic E-state index is 0.0309. The van der Waals surface area contributed by atoms with Crippen LogP contribution in [0.15, 0.2) is 28.8 Å². The van der Waals surface area contributed by atoms with Crippen molar-refractivity contribution < 1.29 is 18.8 Å². The Morgan fingerprint density at radius 1 is 1.19 bits per heavy atom. The molecule has 0 radical (unpaired) electrons. The van der Waals surface area contributed by atoms with Crippen molar-refractivity contribution >= 4 is 11.8 Å². The molecule has 0 aliphatic carbocycles. The molecule has 1 saturated heterocycles. The number of benzene rings is 1. The van der Waals surface area contributed by atoms with Crippen molar-refractivity contribution in [2.75, 3.05) is 19.6 Å². The number of rotatable bonds is 6. The predicted molar refractivity (Wildman–Crippen MR) is 94.9 cm³/mol. The number of aryl methyl sites for hydroxylation is 2. The standard InChI is InChI=1S/C19H23N3O4/c1-13-17(14(2)26-21-13)12-25-16-7-5-15(6-8-16)19(24)20-11-18(23)22-9-3-4-10-22/h5-8H,3-4,9-12H2,1-2H3,(H,20,24). The number of hydrogen-bond acceptors (Lipinski definition) is 5. The Balaban J connectivity index is 1.50. The van der Waals surface area contributed by atoms with E-state index in [4.69, 9.17) is 9.26 Å². The van der Waals surface area contributed by atoms with Crippen LogP contribution in [0.2, 0.25) is 0 Å². The molecule has 7 nitrogen and oxygen atoms in total. The molecule has 0 spiro atoms. The van der Waals surface area contributed by atoms with Crippen LogP contribution in [-0.4, -0.2) is 41.5 Å². The Bertz CT molecular complexity index is 757. The fourth-order valence-electron chi connectivity index (χ4n) is 2.90. The summed E-state index contributed by atoms with van der Waals surface area (Å²) < 4.78 is 10.8. The average molecular weight is 357 g/mol. The van der Waals surface area contributed by atoms with Crippen molar-refractivity contribution in [1.82, 2.24) is 15.4 Å². The second-order valence-corrected chi connectivity index (χ2v) is 6.39. The summed E-state index contributed by atoms with van der Waals surface area (Å²) in [5, 5.41) is 6.56. The van der Waals surface area contributed by atoms with Gasteiger partial charge in [0.1, 0.15) is 18.1 Å². The van der Waals surface area contributed by atoms with E-state index >= 15 is 0 Å². The van der Waals surface area contributed by atoms with Crippen molar-refractivity contribution in [3.8, 4) is 5.75 Å². The molecule has 3 rings (SSSR count). The lowest BCUT2D eigenvalue weighted by Crippen LogP contribution is -2.38. The van der Waals surface area contributed by atoms with Gasteiger partial charge in [0.2, 0.25) is 5.91 Å². The lowest BCUT2D eigenvalue weighted by Gasteiger charge is -2.15. The maximum Gasteiger partial charge on any atom is 0.251 e. The molecule has 1 aromatic heterocycles.